The summed E-state index contributed by atoms with van der Waals surface area (Å²) < 4.78 is 30.0. The van der Waals surface area contributed by atoms with Gasteiger partial charge in [-0.15, -0.1) is 0 Å². The minimum atomic E-state index is -0.813. The maximum absolute atomic E-state index is 13.1. The third-order valence-electron chi connectivity index (χ3n) is 3.60. The summed E-state index contributed by atoms with van der Waals surface area (Å²) in [5.74, 6) is 1.64. The lowest BCUT2D eigenvalue weighted by atomic mass is 10.3. The van der Waals surface area contributed by atoms with Crippen molar-refractivity contribution >= 4 is 22.5 Å². The van der Waals surface area contributed by atoms with Crippen molar-refractivity contribution in [3.05, 3.63) is 54.3 Å². The van der Waals surface area contributed by atoms with E-state index in [4.69, 9.17) is 4.74 Å². The third kappa shape index (κ3) is 4.32. The molecule has 7 heteroatoms. The number of benzene rings is 2. The van der Waals surface area contributed by atoms with Crippen molar-refractivity contribution in [2.24, 2.45) is 0 Å². The Morgan fingerprint density at radius 3 is 2.46 bits per heavy atom. The van der Waals surface area contributed by atoms with Crippen LogP contribution in [-0.2, 0) is 10.8 Å². The molecule has 2 aromatic carbocycles. The van der Waals surface area contributed by atoms with E-state index in [-0.39, 0.29) is 11.8 Å². The molecule has 0 saturated carbocycles. The molecule has 0 atom stereocenters. The van der Waals surface area contributed by atoms with Gasteiger partial charge in [-0.2, -0.15) is 0 Å². The Balaban J connectivity index is 1.58. The predicted octanol–water partition coefficient (Wildman–Crippen LogP) is 3.21. The highest BCUT2D eigenvalue weighted by atomic mass is 32.2. The van der Waals surface area contributed by atoms with Crippen molar-refractivity contribution in [2.75, 3.05) is 29.9 Å². The van der Waals surface area contributed by atoms with Gasteiger partial charge < -0.3 is 15.0 Å². The molecule has 1 N–H and O–H groups in total. The molecule has 24 heavy (non-hydrogen) atoms. The standard InChI is InChI=1S/C17H17FN2O3S/c18-13-2-1-3-16(12-13)23-15-6-4-14(5-7-15)19-17(21)20-8-10-24(22)11-9-20/h1-7,12H,8-11H2,(H,19,21). The van der Waals surface area contributed by atoms with Gasteiger partial charge in [-0.25, -0.2) is 9.18 Å². The first kappa shape index (κ1) is 16.4. The van der Waals surface area contributed by atoms with Gasteiger partial charge in [-0.05, 0) is 36.4 Å². The molecule has 1 aliphatic heterocycles. The Labute approximate surface area is 141 Å². The van der Waals surface area contributed by atoms with Gasteiger partial charge in [-0.3, -0.25) is 4.21 Å². The van der Waals surface area contributed by atoms with Crippen LogP contribution in [0.5, 0.6) is 11.5 Å². The smallest absolute Gasteiger partial charge is 0.321 e. The Bertz CT molecular complexity index is 742. The van der Waals surface area contributed by atoms with Crippen LogP contribution in [0.4, 0.5) is 14.9 Å². The van der Waals surface area contributed by atoms with Crippen molar-refractivity contribution in [1.82, 2.24) is 4.90 Å². The van der Waals surface area contributed by atoms with E-state index in [2.05, 4.69) is 5.32 Å². The number of amides is 2. The van der Waals surface area contributed by atoms with Gasteiger partial charge in [-0.1, -0.05) is 6.07 Å². The van der Waals surface area contributed by atoms with Gasteiger partial charge in [0.25, 0.3) is 0 Å². The Morgan fingerprint density at radius 2 is 1.79 bits per heavy atom. The minimum absolute atomic E-state index is 0.203. The highest BCUT2D eigenvalue weighted by molar-refractivity contribution is 7.85. The Morgan fingerprint density at radius 1 is 1.08 bits per heavy atom. The number of nitrogens with zero attached hydrogens (tertiary/aromatic N) is 1. The molecule has 0 bridgehead atoms. The molecular formula is C17H17FN2O3S. The van der Waals surface area contributed by atoms with Crippen molar-refractivity contribution in [3.63, 3.8) is 0 Å². The Kier molecular flexibility index (Phi) is 5.10. The molecule has 0 aliphatic carbocycles. The largest absolute Gasteiger partial charge is 0.457 e. The van der Waals surface area contributed by atoms with E-state index in [0.717, 1.165) is 0 Å². The fourth-order valence-electron chi connectivity index (χ4n) is 2.32. The number of rotatable bonds is 3. The maximum atomic E-state index is 13.1. The first-order valence-corrected chi connectivity index (χ1v) is 9.03. The van der Waals surface area contributed by atoms with E-state index >= 15 is 0 Å². The van der Waals surface area contributed by atoms with E-state index in [1.165, 1.54) is 12.1 Å². The summed E-state index contributed by atoms with van der Waals surface area (Å²) >= 11 is 0. The number of carbonyl (C=O) groups excluding carboxylic acids is 1. The van der Waals surface area contributed by atoms with E-state index in [1.807, 2.05) is 0 Å². The average Bonchev–Trinajstić information content (AvgIpc) is 2.57. The molecule has 1 aliphatic rings. The SMILES string of the molecule is O=C(Nc1ccc(Oc2cccc(F)c2)cc1)N1CCS(=O)CC1. The molecule has 0 radical (unpaired) electrons. The van der Waals surface area contributed by atoms with Gasteiger partial charge in [0.1, 0.15) is 17.3 Å². The monoisotopic (exact) mass is 348 g/mol. The normalized spacial score (nSPS) is 15.1. The fraction of sp³-hybridized carbons (Fsp3) is 0.235. The number of halogens is 1. The van der Waals surface area contributed by atoms with Crippen LogP contribution in [-0.4, -0.2) is 39.7 Å². The number of anilines is 1. The summed E-state index contributed by atoms with van der Waals surface area (Å²) in [6.45, 7) is 0.998. The van der Waals surface area contributed by atoms with Gasteiger partial charge >= 0.3 is 6.03 Å². The topological polar surface area (TPSA) is 58.6 Å². The molecular weight excluding hydrogens is 331 g/mol. The predicted molar refractivity (Wildman–Crippen MR) is 91.4 cm³/mol. The molecule has 5 nitrogen and oxygen atoms in total. The summed E-state index contributed by atoms with van der Waals surface area (Å²) in [7, 11) is -0.813. The summed E-state index contributed by atoms with van der Waals surface area (Å²) in [4.78, 5) is 13.8. The molecule has 3 rings (SSSR count). The van der Waals surface area contributed by atoms with Crippen LogP contribution in [0.15, 0.2) is 48.5 Å². The highest BCUT2D eigenvalue weighted by Gasteiger charge is 2.19. The number of ether oxygens (including phenoxy) is 1. The van der Waals surface area contributed by atoms with E-state index in [1.54, 1.807) is 41.3 Å². The number of nitrogens with one attached hydrogen (secondary N) is 1. The Hall–Kier alpha value is -2.41. The molecule has 2 amide bonds. The number of hydrogen-bond donors (Lipinski definition) is 1. The third-order valence-corrected chi connectivity index (χ3v) is 4.88. The van der Waals surface area contributed by atoms with Gasteiger partial charge in [0.15, 0.2) is 0 Å². The zero-order chi connectivity index (χ0) is 16.9. The molecule has 0 unspecified atom stereocenters. The van der Waals surface area contributed by atoms with Gasteiger partial charge in [0.05, 0.1) is 0 Å². The fourth-order valence-corrected chi connectivity index (χ4v) is 3.37. The van der Waals surface area contributed by atoms with Crippen LogP contribution in [0, 0.1) is 5.82 Å². The molecule has 1 saturated heterocycles. The van der Waals surface area contributed by atoms with Gasteiger partial charge in [0, 0.05) is 47.1 Å². The van der Waals surface area contributed by atoms with Crippen LogP contribution in [0.2, 0.25) is 0 Å². The lowest BCUT2D eigenvalue weighted by Crippen LogP contribution is -2.43. The highest BCUT2D eigenvalue weighted by Crippen LogP contribution is 2.23. The first-order chi connectivity index (χ1) is 11.6. The summed E-state index contributed by atoms with van der Waals surface area (Å²) in [6.07, 6.45) is 0. The zero-order valence-electron chi connectivity index (χ0n) is 12.9. The molecule has 1 fully saturated rings. The van der Waals surface area contributed by atoms with Crippen LogP contribution in [0.1, 0.15) is 0 Å². The number of carbonyl (C=O) groups is 1. The van der Waals surface area contributed by atoms with E-state index in [0.29, 0.717) is 41.8 Å². The second-order valence-electron chi connectivity index (χ2n) is 5.35. The number of urea groups is 1. The number of hydrogen-bond acceptors (Lipinski definition) is 3. The molecule has 0 aromatic heterocycles. The van der Waals surface area contributed by atoms with Crippen LogP contribution >= 0.6 is 0 Å². The second-order valence-corrected chi connectivity index (χ2v) is 7.05. The van der Waals surface area contributed by atoms with Crippen molar-refractivity contribution < 1.29 is 18.1 Å². The quantitative estimate of drug-likeness (QED) is 0.927. The van der Waals surface area contributed by atoms with Crippen molar-refractivity contribution in [3.8, 4) is 11.5 Å². The van der Waals surface area contributed by atoms with Crippen molar-refractivity contribution in [2.45, 2.75) is 0 Å². The molecule has 0 spiro atoms. The summed E-state index contributed by atoms with van der Waals surface area (Å²) in [6, 6.07) is 12.5. The summed E-state index contributed by atoms with van der Waals surface area (Å²) in [5, 5.41) is 2.80. The van der Waals surface area contributed by atoms with E-state index in [9.17, 15) is 13.4 Å². The first-order valence-electron chi connectivity index (χ1n) is 7.54. The zero-order valence-corrected chi connectivity index (χ0v) is 13.7. The summed E-state index contributed by atoms with van der Waals surface area (Å²) in [5.41, 5.74) is 0.637. The van der Waals surface area contributed by atoms with Crippen LogP contribution < -0.4 is 10.1 Å². The molecule has 2 aromatic rings. The minimum Gasteiger partial charge on any atom is -0.457 e. The van der Waals surface area contributed by atoms with Crippen molar-refractivity contribution in [1.29, 1.82) is 0 Å². The maximum Gasteiger partial charge on any atom is 0.321 e. The van der Waals surface area contributed by atoms with E-state index < -0.39 is 10.8 Å². The second kappa shape index (κ2) is 7.44. The molecule has 1 heterocycles. The lowest BCUT2D eigenvalue weighted by Gasteiger charge is -2.26. The van der Waals surface area contributed by atoms with Crippen LogP contribution in [0.3, 0.4) is 0 Å². The van der Waals surface area contributed by atoms with Crippen LogP contribution in [0.25, 0.3) is 0 Å². The lowest BCUT2D eigenvalue weighted by molar-refractivity contribution is 0.216. The average molecular weight is 348 g/mol. The van der Waals surface area contributed by atoms with Gasteiger partial charge in [0.2, 0.25) is 0 Å². The molecule has 126 valence electrons.